The smallest absolute Gasteiger partial charge is 0.191 e. The lowest BCUT2D eigenvalue weighted by atomic mass is 10.1. The van der Waals surface area contributed by atoms with Gasteiger partial charge in [-0.15, -0.1) is 24.0 Å². The van der Waals surface area contributed by atoms with Crippen LogP contribution in [0.4, 0.5) is 5.69 Å². The molecule has 1 aromatic carbocycles. The standard InChI is InChI=1S/C22H37N5O.HI/c1-4-23-22(24-15-18(2)27-13-14-28-17-19(27)3)25-20-9-8-12-26(16-20)21-10-6-5-7-11-21;/h5-7,10-11,18-20H,4,8-9,12-17H2,1-3H3,(H2,23,24,25);1H. The molecule has 1 aromatic rings. The van der Waals surface area contributed by atoms with E-state index in [1.165, 1.54) is 18.5 Å². The van der Waals surface area contributed by atoms with E-state index in [0.29, 0.717) is 18.1 Å². The molecule has 7 heteroatoms. The first-order valence-corrected chi connectivity index (χ1v) is 10.9. The normalized spacial score (nSPS) is 24.5. The Balaban J connectivity index is 0.00000300. The predicted octanol–water partition coefficient (Wildman–Crippen LogP) is 2.94. The highest BCUT2D eigenvalue weighted by Gasteiger charge is 2.24. The third-order valence-electron chi connectivity index (χ3n) is 5.73. The van der Waals surface area contributed by atoms with Crippen LogP contribution in [0.25, 0.3) is 0 Å². The van der Waals surface area contributed by atoms with E-state index in [1.807, 2.05) is 0 Å². The zero-order valence-corrected chi connectivity index (χ0v) is 20.5. The summed E-state index contributed by atoms with van der Waals surface area (Å²) in [4.78, 5) is 9.89. The van der Waals surface area contributed by atoms with E-state index < -0.39 is 0 Å². The van der Waals surface area contributed by atoms with E-state index >= 15 is 0 Å². The molecule has 2 heterocycles. The average Bonchev–Trinajstić information content (AvgIpc) is 2.73. The van der Waals surface area contributed by atoms with Crippen molar-refractivity contribution >= 4 is 35.6 Å². The van der Waals surface area contributed by atoms with Gasteiger partial charge in [0.15, 0.2) is 5.96 Å². The van der Waals surface area contributed by atoms with Crippen LogP contribution in [0.1, 0.15) is 33.6 Å². The molecule has 0 aliphatic carbocycles. The number of halogens is 1. The van der Waals surface area contributed by atoms with Crippen molar-refractivity contribution in [3.05, 3.63) is 30.3 Å². The lowest BCUT2D eigenvalue weighted by Gasteiger charge is -2.37. The molecule has 6 nitrogen and oxygen atoms in total. The van der Waals surface area contributed by atoms with Crippen LogP contribution in [0.2, 0.25) is 0 Å². The number of ether oxygens (including phenoxy) is 1. The van der Waals surface area contributed by atoms with Crippen LogP contribution >= 0.6 is 24.0 Å². The van der Waals surface area contributed by atoms with Gasteiger partial charge in [0.25, 0.3) is 0 Å². The molecule has 0 amide bonds. The van der Waals surface area contributed by atoms with Gasteiger partial charge >= 0.3 is 0 Å². The predicted molar refractivity (Wildman–Crippen MR) is 133 cm³/mol. The van der Waals surface area contributed by atoms with Crippen molar-refractivity contribution in [1.82, 2.24) is 15.5 Å². The van der Waals surface area contributed by atoms with E-state index in [2.05, 4.69) is 71.5 Å². The second-order valence-corrected chi connectivity index (χ2v) is 8.00. The van der Waals surface area contributed by atoms with Crippen LogP contribution in [0.3, 0.4) is 0 Å². The summed E-state index contributed by atoms with van der Waals surface area (Å²) < 4.78 is 5.57. The van der Waals surface area contributed by atoms with E-state index in [9.17, 15) is 0 Å². The van der Waals surface area contributed by atoms with Crippen molar-refractivity contribution in [2.45, 2.75) is 51.7 Å². The lowest BCUT2D eigenvalue weighted by molar-refractivity contribution is -0.0165. The molecule has 2 fully saturated rings. The van der Waals surface area contributed by atoms with Gasteiger partial charge in [-0.05, 0) is 45.7 Å². The van der Waals surface area contributed by atoms with Crippen molar-refractivity contribution in [1.29, 1.82) is 0 Å². The highest BCUT2D eigenvalue weighted by Crippen LogP contribution is 2.19. The molecular weight excluding hydrogens is 477 g/mol. The van der Waals surface area contributed by atoms with Crippen molar-refractivity contribution in [2.75, 3.05) is 50.8 Å². The molecule has 0 aromatic heterocycles. The number of guanidine groups is 1. The summed E-state index contributed by atoms with van der Waals surface area (Å²) in [5.74, 6) is 0.940. The topological polar surface area (TPSA) is 52.1 Å². The third-order valence-corrected chi connectivity index (χ3v) is 5.73. The SMILES string of the molecule is CCNC(=NCC(C)N1CCOCC1C)NC1CCCN(c2ccccc2)C1.I. The number of nitrogens with one attached hydrogen (secondary N) is 2. The Morgan fingerprint density at radius 2 is 2.07 bits per heavy atom. The highest BCUT2D eigenvalue weighted by atomic mass is 127. The maximum absolute atomic E-state index is 5.57. The zero-order valence-electron chi connectivity index (χ0n) is 18.1. The maximum atomic E-state index is 5.57. The fourth-order valence-corrected chi connectivity index (χ4v) is 4.20. The number of aliphatic imine (C=N–C) groups is 1. The monoisotopic (exact) mass is 515 g/mol. The molecule has 0 radical (unpaired) electrons. The van der Waals surface area contributed by atoms with Gasteiger partial charge in [0.1, 0.15) is 0 Å². The first kappa shape index (κ1) is 24.2. The Hall–Kier alpha value is -1.06. The van der Waals surface area contributed by atoms with Crippen molar-refractivity contribution in [3.8, 4) is 0 Å². The molecule has 2 N–H and O–H groups in total. The number of benzene rings is 1. The summed E-state index contributed by atoms with van der Waals surface area (Å²) in [6.07, 6.45) is 2.39. The minimum absolute atomic E-state index is 0. The van der Waals surface area contributed by atoms with Crippen molar-refractivity contribution in [3.63, 3.8) is 0 Å². The molecule has 3 atom stereocenters. The van der Waals surface area contributed by atoms with Gasteiger partial charge in [0, 0.05) is 50.0 Å². The quantitative estimate of drug-likeness (QED) is 0.347. The Bertz CT molecular complexity index is 614. The second kappa shape index (κ2) is 12.6. The van der Waals surface area contributed by atoms with Crippen molar-refractivity contribution < 1.29 is 4.74 Å². The highest BCUT2D eigenvalue weighted by molar-refractivity contribution is 14.0. The maximum Gasteiger partial charge on any atom is 0.191 e. The van der Waals surface area contributed by atoms with Crippen LogP contribution in [-0.4, -0.2) is 74.9 Å². The van der Waals surface area contributed by atoms with Gasteiger partial charge in [-0.3, -0.25) is 9.89 Å². The molecule has 164 valence electrons. The van der Waals surface area contributed by atoms with Gasteiger partial charge in [-0.25, -0.2) is 0 Å². The van der Waals surface area contributed by atoms with Crippen LogP contribution in [0.15, 0.2) is 35.3 Å². The summed E-state index contributed by atoms with van der Waals surface area (Å²) in [6.45, 7) is 13.1. The zero-order chi connectivity index (χ0) is 19.8. The molecule has 3 rings (SSSR count). The first-order chi connectivity index (χ1) is 13.7. The number of anilines is 1. The van der Waals surface area contributed by atoms with E-state index in [1.54, 1.807) is 0 Å². The number of para-hydroxylation sites is 1. The first-order valence-electron chi connectivity index (χ1n) is 10.9. The summed E-state index contributed by atoms with van der Waals surface area (Å²) in [7, 11) is 0. The molecule has 2 aliphatic heterocycles. The fraction of sp³-hybridized carbons (Fsp3) is 0.682. The molecular formula is C22H38IN5O. The van der Waals surface area contributed by atoms with Crippen LogP contribution < -0.4 is 15.5 Å². The number of morpholine rings is 1. The molecule has 0 bridgehead atoms. The lowest BCUT2D eigenvalue weighted by Crippen LogP contribution is -2.52. The summed E-state index contributed by atoms with van der Waals surface area (Å²) >= 11 is 0. The van der Waals surface area contributed by atoms with Crippen LogP contribution in [0.5, 0.6) is 0 Å². The number of rotatable bonds is 6. The average molecular weight is 515 g/mol. The van der Waals surface area contributed by atoms with Gasteiger partial charge in [-0.1, -0.05) is 18.2 Å². The third kappa shape index (κ3) is 7.29. The largest absolute Gasteiger partial charge is 0.379 e. The van der Waals surface area contributed by atoms with Crippen molar-refractivity contribution in [2.24, 2.45) is 4.99 Å². The summed E-state index contributed by atoms with van der Waals surface area (Å²) in [5.41, 5.74) is 1.31. The van der Waals surface area contributed by atoms with E-state index in [0.717, 1.165) is 51.9 Å². The fourth-order valence-electron chi connectivity index (χ4n) is 4.20. The number of piperidine rings is 1. The van der Waals surface area contributed by atoms with Gasteiger partial charge in [0.05, 0.1) is 19.8 Å². The number of nitrogens with zero attached hydrogens (tertiary/aromatic N) is 3. The minimum atomic E-state index is 0. The molecule has 2 saturated heterocycles. The van der Waals surface area contributed by atoms with Gasteiger partial charge in [0.2, 0.25) is 0 Å². The van der Waals surface area contributed by atoms with E-state index in [4.69, 9.17) is 9.73 Å². The summed E-state index contributed by atoms with van der Waals surface area (Å²) in [5, 5.41) is 7.11. The Morgan fingerprint density at radius 3 is 2.79 bits per heavy atom. The second-order valence-electron chi connectivity index (χ2n) is 8.00. The van der Waals surface area contributed by atoms with E-state index in [-0.39, 0.29) is 24.0 Å². The minimum Gasteiger partial charge on any atom is -0.379 e. The molecule has 0 spiro atoms. The Kier molecular flexibility index (Phi) is 10.5. The number of hydrogen-bond donors (Lipinski definition) is 2. The van der Waals surface area contributed by atoms with Gasteiger partial charge < -0.3 is 20.3 Å². The molecule has 3 unspecified atom stereocenters. The summed E-state index contributed by atoms with van der Waals surface area (Å²) in [6, 6.07) is 12.0. The number of hydrogen-bond acceptors (Lipinski definition) is 4. The van der Waals surface area contributed by atoms with Crippen LogP contribution in [0, 0.1) is 0 Å². The molecule has 29 heavy (non-hydrogen) atoms. The molecule has 0 saturated carbocycles. The molecule has 2 aliphatic rings. The van der Waals surface area contributed by atoms with Crippen LogP contribution in [-0.2, 0) is 4.74 Å². The Labute approximate surface area is 193 Å². The van der Waals surface area contributed by atoms with Gasteiger partial charge in [-0.2, -0.15) is 0 Å². The Morgan fingerprint density at radius 1 is 1.28 bits per heavy atom.